The fraction of sp³-hybridized carbons (Fsp3) is 0.875. The normalized spacial score (nSPS) is 11.7. The van der Waals surface area contributed by atoms with Gasteiger partial charge < -0.3 is 20.4 Å². The number of nitrogens with zero attached hydrogens (tertiary/aromatic N) is 1. The first kappa shape index (κ1) is 35.1. The standard InChI is InChI=1S/C18H34O5S.C6H15NO3/c19-18(20)16-14-12-10-8-6-4-2-1-3-5-7-9-11-13-15-17-24(21,22)23;8-4-1-7(2-5-9)3-6-10/h1-2H,3-17H2,(H,19,20)(H,21,22,23);8-10H,1-6H2/b2-1-;. The Morgan fingerprint density at radius 2 is 1.03 bits per heavy atom. The number of hydrogen-bond acceptors (Lipinski definition) is 7. The summed E-state index contributed by atoms with van der Waals surface area (Å²) in [6.45, 7) is 1.75. The number of aliphatic hydroxyl groups is 3. The van der Waals surface area contributed by atoms with Gasteiger partial charge in [-0.1, -0.05) is 57.1 Å². The molecular formula is C24H49NO8S. The Morgan fingerprint density at radius 3 is 1.41 bits per heavy atom. The van der Waals surface area contributed by atoms with E-state index in [2.05, 4.69) is 12.2 Å². The van der Waals surface area contributed by atoms with Crippen LogP contribution in [0.15, 0.2) is 12.2 Å². The number of rotatable bonds is 23. The van der Waals surface area contributed by atoms with Gasteiger partial charge in [-0.25, -0.2) is 0 Å². The predicted molar refractivity (Wildman–Crippen MR) is 136 cm³/mol. The highest BCUT2D eigenvalue weighted by Gasteiger charge is 2.03. The van der Waals surface area contributed by atoms with Crippen LogP contribution < -0.4 is 0 Å². The number of aliphatic carboxylic acids is 1. The lowest BCUT2D eigenvalue weighted by molar-refractivity contribution is -0.137. The van der Waals surface area contributed by atoms with Gasteiger partial charge in [0.2, 0.25) is 0 Å². The summed E-state index contributed by atoms with van der Waals surface area (Å²) in [7, 11) is -3.78. The lowest BCUT2D eigenvalue weighted by atomic mass is 10.1. The third kappa shape index (κ3) is 33.1. The Balaban J connectivity index is 0. The Labute approximate surface area is 206 Å². The topological polar surface area (TPSA) is 156 Å². The van der Waals surface area contributed by atoms with Gasteiger partial charge in [0.25, 0.3) is 10.1 Å². The number of hydrogen-bond donors (Lipinski definition) is 5. The Hall–Kier alpha value is -1.04. The Bertz CT molecular complexity index is 555. The molecule has 0 amide bonds. The van der Waals surface area contributed by atoms with Crippen molar-refractivity contribution in [2.45, 2.75) is 89.9 Å². The van der Waals surface area contributed by atoms with Crippen molar-refractivity contribution in [3.8, 4) is 0 Å². The fourth-order valence-electron chi connectivity index (χ4n) is 3.32. The molecule has 9 nitrogen and oxygen atoms in total. The van der Waals surface area contributed by atoms with Crippen molar-refractivity contribution >= 4 is 16.1 Å². The maximum Gasteiger partial charge on any atom is 0.303 e. The molecule has 0 aliphatic rings. The summed E-state index contributed by atoms with van der Waals surface area (Å²) in [6, 6.07) is 0. The lowest BCUT2D eigenvalue weighted by Gasteiger charge is -2.17. The highest BCUT2D eigenvalue weighted by Crippen LogP contribution is 2.10. The van der Waals surface area contributed by atoms with Gasteiger partial charge in [-0.05, 0) is 38.5 Å². The van der Waals surface area contributed by atoms with E-state index in [-0.39, 0.29) is 25.6 Å². The van der Waals surface area contributed by atoms with E-state index in [0.717, 1.165) is 51.4 Å². The number of unbranched alkanes of at least 4 members (excludes halogenated alkanes) is 11. The van der Waals surface area contributed by atoms with E-state index in [4.69, 9.17) is 25.0 Å². The number of allylic oxidation sites excluding steroid dienone is 2. The number of aliphatic hydroxyl groups excluding tert-OH is 3. The van der Waals surface area contributed by atoms with Crippen LogP contribution in [-0.2, 0) is 14.9 Å². The molecule has 5 N–H and O–H groups in total. The quantitative estimate of drug-likeness (QED) is 0.0789. The third-order valence-electron chi connectivity index (χ3n) is 5.20. The zero-order chi connectivity index (χ0) is 25.9. The van der Waals surface area contributed by atoms with E-state index < -0.39 is 16.1 Å². The minimum atomic E-state index is -3.78. The molecule has 0 radical (unpaired) electrons. The molecule has 204 valence electrons. The molecule has 0 aromatic carbocycles. The molecular weight excluding hydrogens is 462 g/mol. The molecule has 0 unspecified atom stereocenters. The van der Waals surface area contributed by atoms with Gasteiger partial charge in [-0.15, -0.1) is 0 Å². The molecule has 0 atom stereocenters. The van der Waals surface area contributed by atoms with Crippen molar-refractivity contribution in [2.24, 2.45) is 0 Å². The maximum absolute atomic E-state index is 10.5. The maximum atomic E-state index is 10.5. The first-order valence-electron chi connectivity index (χ1n) is 12.6. The monoisotopic (exact) mass is 511 g/mol. The molecule has 0 saturated heterocycles. The molecule has 0 bridgehead atoms. The average molecular weight is 512 g/mol. The minimum absolute atomic E-state index is 0.0694. The van der Waals surface area contributed by atoms with Crippen LogP contribution >= 0.6 is 0 Å². The summed E-state index contributed by atoms with van der Waals surface area (Å²) in [4.78, 5) is 12.1. The van der Waals surface area contributed by atoms with E-state index >= 15 is 0 Å². The minimum Gasteiger partial charge on any atom is -0.481 e. The largest absolute Gasteiger partial charge is 0.481 e. The summed E-state index contributed by atoms with van der Waals surface area (Å²) < 4.78 is 29.7. The molecule has 0 aliphatic carbocycles. The molecule has 10 heteroatoms. The highest BCUT2D eigenvalue weighted by atomic mass is 32.2. The van der Waals surface area contributed by atoms with Gasteiger partial charge in [-0.2, -0.15) is 8.42 Å². The first-order valence-corrected chi connectivity index (χ1v) is 14.2. The summed E-state index contributed by atoms with van der Waals surface area (Å²) in [6.07, 6.45) is 18.2. The van der Waals surface area contributed by atoms with Crippen LogP contribution in [0.4, 0.5) is 0 Å². The van der Waals surface area contributed by atoms with E-state index in [1.807, 2.05) is 0 Å². The average Bonchev–Trinajstić information content (AvgIpc) is 2.76. The number of carboxylic acids is 1. The van der Waals surface area contributed by atoms with Crippen molar-refractivity contribution in [1.29, 1.82) is 0 Å². The smallest absolute Gasteiger partial charge is 0.303 e. The van der Waals surface area contributed by atoms with Crippen LogP contribution in [0.2, 0.25) is 0 Å². The van der Waals surface area contributed by atoms with Crippen LogP contribution in [-0.4, -0.2) is 89.5 Å². The third-order valence-corrected chi connectivity index (χ3v) is 6.00. The van der Waals surface area contributed by atoms with Crippen LogP contribution in [0.25, 0.3) is 0 Å². The molecule has 0 heterocycles. The molecule has 0 spiro atoms. The van der Waals surface area contributed by atoms with Crippen molar-refractivity contribution in [2.75, 3.05) is 45.2 Å². The van der Waals surface area contributed by atoms with Crippen LogP contribution in [0.1, 0.15) is 89.9 Å². The van der Waals surface area contributed by atoms with Crippen LogP contribution in [0.5, 0.6) is 0 Å². The van der Waals surface area contributed by atoms with Crippen molar-refractivity contribution < 1.29 is 38.2 Å². The predicted octanol–water partition coefficient (Wildman–Crippen LogP) is 3.24. The SMILES string of the molecule is O=C(O)CCCCCCC/C=C\CCCCCCCCS(=O)(=O)O.OCCN(CCO)CCO. The van der Waals surface area contributed by atoms with Gasteiger partial charge >= 0.3 is 5.97 Å². The fourth-order valence-corrected chi connectivity index (χ4v) is 3.89. The van der Waals surface area contributed by atoms with Crippen molar-refractivity contribution in [1.82, 2.24) is 4.90 Å². The summed E-state index contributed by atoms with van der Waals surface area (Å²) >= 11 is 0. The van der Waals surface area contributed by atoms with E-state index in [1.165, 1.54) is 25.7 Å². The van der Waals surface area contributed by atoms with E-state index in [1.54, 1.807) is 4.90 Å². The Morgan fingerprint density at radius 1 is 0.647 bits per heavy atom. The van der Waals surface area contributed by atoms with Gasteiger partial charge in [0.15, 0.2) is 0 Å². The molecule has 0 aliphatic heterocycles. The lowest BCUT2D eigenvalue weighted by Crippen LogP contribution is -2.32. The Kier molecular flexibility index (Phi) is 27.4. The number of carboxylic acid groups (broad SMARTS) is 1. The molecule has 34 heavy (non-hydrogen) atoms. The molecule has 0 aromatic heterocycles. The number of carbonyl (C=O) groups is 1. The summed E-state index contributed by atoms with van der Waals surface area (Å²) in [5.74, 6) is -0.814. The second-order valence-electron chi connectivity index (χ2n) is 8.38. The summed E-state index contributed by atoms with van der Waals surface area (Å²) in [5, 5.41) is 34.0. The van der Waals surface area contributed by atoms with Crippen LogP contribution in [0, 0.1) is 0 Å². The summed E-state index contributed by atoms with van der Waals surface area (Å²) in [5.41, 5.74) is 0. The van der Waals surface area contributed by atoms with E-state index in [0.29, 0.717) is 32.5 Å². The zero-order valence-corrected chi connectivity index (χ0v) is 21.6. The van der Waals surface area contributed by atoms with Gasteiger partial charge in [0.1, 0.15) is 0 Å². The zero-order valence-electron chi connectivity index (χ0n) is 20.8. The second-order valence-corrected chi connectivity index (χ2v) is 9.95. The first-order chi connectivity index (χ1) is 16.3. The van der Waals surface area contributed by atoms with Crippen molar-refractivity contribution in [3.05, 3.63) is 12.2 Å². The van der Waals surface area contributed by atoms with Crippen LogP contribution in [0.3, 0.4) is 0 Å². The van der Waals surface area contributed by atoms with Crippen molar-refractivity contribution in [3.63, 3.8) is 0 Å². The van der Waals surface area contributed by atoms with E-state index in [9.17, 15) is 13.2 Å². The molecule has 0 rings (SSSR count). The second kappa shape index (κ2) is 26.6. The van der Waals surface area contributed by atoms with Gasteiger partial charge in [0, 0.05) is 26.1 Å². The molecule has 0 aromatic rings. The molecule has 0 saturated carbocycles. The van der Waals surface area contributed by atoms with Gasteiger partial charge in [0.05, 0.1) is 25.6 Å². The highest BCUT2D eigenvalue weighted by molar-refractivity contribution is 7.85. The molecule has 0 fully saturated rings. The van der Waals surface area contributed by atoms with Gasteiger partial charge in [-0.3, -0.25) is 14.2 Å².